The molecule has 0 amide bonds. The Hall–Kier alpha value is -0.450. The summed E-state index contributed by atoms with van der Waals surface area (Å²) in [5, 5.41) is 5.81. The van der Waals surface area contributed by atoms with Crippen LogP contribution in [0.5, 0.6) is 0 Å². The largest absolute Gasteiger partial charge is 0.361 e. The Labute approximate surface area is 115 Å². The third-order valence-corrected chi connectivity index (χ3v) is 4.83. The molecule has 1 N–H and O–H groups in total. The molecule has 2 nitrogen and oxygen atoms in total. The third-order valence-electron chi connectivity index (χ3n) is 2.58. The van der Waals surface area contributed by atoms with Crippen LogP contribution in [0.15, 0.2) is 18.2 Å². The Balaban J connectivity index is 1.99. The van der Waals surface area contributed by atoms with Crippen LogP contribution in [-0.4, -0.2) is 23.0 Å². The molecule has 0 spiro atoms. The van der Waals surface area contributed by atoms with E-state index in [1.54, 1.807) is 11.3 Å². The van der Waals surface area contributed by atoms with E-state index in [1.165, 1.54) is 0 Å². The Morgan fingerprint density at radius 1 is 1.53 bits per heavy atom. The van der Waals surface area contributed by atoms with Gasteiger partial charge in [-0.15, -0.1) is 0 Å². The van der Waals surface area contributed by atoms with E-state index in [0.717, 1.165) is 33.3 Å². The lowest BCUT2D eigenvalue weighted by atomic mass is 10.3. The molecule has 0 aliphatic carbocycles. The zero-order valence-electron chi connectivity index (χ0n) is 9.87. The van der Waals surface area contributed by atoms with Gasteiger partial charge >= 0.3 is 0 Å². The molecule has 92 valence electrons. The molecule has 2 aromatic rings. The van der Waals surface area contributed by atoms with Gasteiger partial charge in [-0.05, 0) is 30.9 Å². The van der Waals surface area contributed by atoms with E-state index in [0.29, 0.717) is 5.25 Å². The monoisotopic (exact) mass is 286 g/mol. The van der Waals surface area contributed by atoms with E-state index in [9.17, 15) is 0 Å². The second-order valence-electron chi connectivity index (χ2n) is 3.89. The van der Waals surface area contributed by atoms with Crippen molar-refractivity contribution in [2.45, 2.75) is 18.6 Å². The highest BCUT2D eigenvalue weighted by molar-refractivity contribution is 7.99. The maximum absolute atomic E-state index is 5.95. The van der Waals surface area contributed by atoms with Crippen LogP contribution in [0, 0.1) is 0 Å². The van der Waals surface area contributed by atoms with E-state index < -0.39 is 0 Å². The van der Waals surface area contributed by atoms with Gasteiger partial charge in [0.05, 0.1) is 10.2 Å². The zero-order chi connectivity index (χ0) is 12.3. The van der Waals surface area contributed by atoms with Gasteiger partial charge in [-0.1, -0.05) is 29.9 Å². The van der Waals surface area contributed by atoms with E-state index in [4.69, 9.17) is 11.6 Å². The summed E-state index contributed by atoms with van der Waals surface area (Å²) in [4.78, 5) is 4.52. The van der Waals surface area contributed by atoms with Crippen LogP contribution in [0.4, 0.5) is 5.13 Å². The number of thiazole rings is 1. The molecule has 2 rings (SSSR count). The molecule has 1 heterocycles. The average molecular weight is 287 g/mol. The molecular weight excluding hydrogens is 272 g/mol. The molecular formula is C12H15ClN2S2. The summed E-state index contributed by atoms with van der Waals surface area (Å²) < 4.78 is 1.14. The van der Waals surface area contributed by atoms with Crippen molar-refractivity contribution in [3.05, 3.63) is 23.2 Å². The van der Waals surface area contributed by atoms with Crippen molar-refractivity contribution in [1.82, 2.24) is 4.98 Å². The number of benzene rings is 1. The summed E-state index contributed by atoms with van der Waals surface area (Å²) >= 11 is 9.50. The van der Waals surface area contributed by atoms with Crippen LogP contribution in [0.3, 0.4) is 0 Å². The van der Waals surface area contributed by atoms with Crippen molar-refractivity contribution in [3.63, 3.8) is 0 Å². The molecule has 0 aliphatic rings. The smallest absolute Gasteiger partial charge is 0.183 e. The number of fused-ring (bicyclic) bond motifs is 1. The first-order valence-corrected chi connectivity index (χ1v) is 8.00. The van der Waals surface area contributed by atoms with E-state index in [2.05, 4.69) is 23.5 Å². The molecule has 17 heavy (non-hydrogen) atoms. The number of nitrogens with zero attached hydrogens (tertiary/aromatic N) is 1. The molecule has 1 atom stereocenters. The Morgan fingerprint density at radius 2 is 2.35 bits per heavy atom. The maximum atomic E-state index is 5.95. The van der Waals surface area contributed by atoms with Gasteiger partial charge in [-0.3, -0.25) is 0 Å². The fourth-order valence-corrected chi connectivity index (χ4v) is 3.00. The molecule has 0 saturated carbocycles. The standard InChI is InChI=1S/C12H15ClN2S2/c1-8(16-2)5-6-14-12-15-10-4-3-9(13)7-11(10)17-12/h3-4,7-8H,5-6H2,1-2H3,(H,14,15). The number of nitrogens with one attached hydrogen (secondary N) is 1. The topological polar surface area (TPSA) is 24.9 Å². The maximum Gasteiger partial charge on any atom is 0.183 e. The molecule has 1 unspecified atom stereocenters. The highest BCUT2D eigenvalue weighted by Crippen LogP contribution is 2.28. The number of hydrogen-bond acceptors (Lipinski definition) is 4. The first-order chi connectivity index (χ1) is 8.19. The predicted molar refractivity (Wildman–Crippen MR) is 80.7 cm³/mol. The molecule has 0 bridgehead atoms. The highest BCUT2D eigenvalue weighted by Gasteiger charge is 2.04. The third kappa shape index (κ3) is 3.50. The van der Waals surface area contributed by atoms with Crippen molar-refractivity contribution in [1.29, 1.82) is 0 Å². The molecule has 1 aromatic carbocycles. The van der Waals surface area contributed by atoms with Crippen LogP contribution in [0.1, 0.15) is 13.3 Å². The highest BCUT2D eigenvalue weighted by atomic mass is 35.5. The Morgan fingerprint density at radius 3 is 3.12 bits per heavy atom. The Kier molecular flexibility index (Phi) is 4.54. The fraction of sp³-hybridized carbons (Fsp3) is 0.417. The average Bonchev–Trinajstić information content (AvgIpc) is 2.70. The number of rotatable bonds is 5. The molecule has 0 saturated heterocycles. The first kappa shape index (κ1) is 13.0. The van der Waals surface area contributed by atoms with Crippen LogP contribution in [-0.2, 0) is 0 Å². The number of aromatic nitrogens is 1. The summed E-state index contributed by atoms with van der Waals surface area (Å²) in [5.74, 6) is 0. The molecule has 0 fully saturated rings. The van der Waals surface area contributed by atoms with Crippen molar-refractivity contribution in [2.75, 3.05) is 18.1 Å². The summed E-state index contributed by atoms with van der Waals surface area (Å²) in [7, 11) is 0. The lowest BCUT2D eigenvalue weighted by Gasteiger charge is -2.07. The SMILES string of the molecule is CSC(C)CCNc1nc2ccc(Cl)cc2s1. The first-order valence-electron chi connectivity index (χ1n) is 5.52. The van der Waals surface area contributed by atoms with Crippen LogP contribution >= 0.6 is 34.7 Å². The van der Waals surface area contributed by atoms with Gasteiger partial charge in [0.1, 0.15) is 0 Å². The van der Waals surface area contributed by atoms with Crippen molar-refractivity contribution >= 4 is 50.0 Å². The molecule has 5 heteroatoms. The zero-order valence-corrected chi connectivity index (χ0v) is 12.3. The van der Waals surface area contributed by atoms with Gasteiger partial charge in [0, 0.05) is 16.8 Å². The van der Waals surface area contributed by atoms with Gasteiger partial charge in [0.25, 0.3) is 0 Å². The summed E-state index contributed by atoms with van der Waals surface area (Å²) in [6.07, 6.45) is 3.29. The lowest BCUT2D eigenvalue weighted by Crippen LogP contribution is -2.07. The summed E-state index contributed by atoms with van der Waals surface area (Å²) in [6, 6.07) is 5.80. The van der Waals surface area contributed by atoms with Gasteiger partial charge < -0.3 is 5.32 Å². The summed E-state index contributed by atoms with van der Waals surface area (Å²) in [5.41, 5.74) is 1.01. The second-order valence-corrected chi connectivity index (χ2v) is 6.64. The number of halogens is 1. The lowest BCUT2D eigenvalue weighted by molar-refractivity contribution is 0.853. The summed E-state index contributed by atoms with van der Waals surface area (Å²) in [6.45, 7) is 3.21. The molecule has 1 aromatic heterocycles. The van der Waals surface area contributed by atoms with Crippen molar-refractivity contribution in [3.8, 4) is 0 Å². The van der Waals surface area contributed by atoms with Gasteiger partial charge in [0.2, 0.25) is 0 Å². The predicted octanol–water partition coefficient (Wildman–Crippen LogP) is 4.50. The van der Waals surface area contributed by atoms with E-state index >= 15 is 0 Å². The van der Waals surface area contributed by atoms with Gasteiger partial charge in [-0.25, -0.2) is 4.98 Å². The second kappa shape index (κ2) is 5.94. The number of anilines is 1. The van der Waals surface area contributed by atoms with E-state index in [1.807, 2.05) is 30.0 Å². The van der Waals surface area contributed by atoms with Crippen molar-refractivity contribution in [2.24, 2.45) is 0 Å². The van der Waals surface area contributed by atoms with Crippen LogP contribution in [0.25, 0.3) is 10.2 Å². The van der Waals surface area contributed by atoms with Crippen LogP contribution < -0.4 is 5.32 Å². The quantitative estimate of drug-likeness (QED) is 0.876. The minimum Gasteiger partial charge on any atom is -0.361 e. The number of hydrogen-bond donors (Lipinski definition) is 1. The fourth-order valence-electron chi connectivity index (χ4n) is 1.47. The van der Waals surface area contributed by atoms with Crippen molar-refractivity contribution < 1.29 is 0 Å². The molecule has 0 aliphatic heterocycles. The minimum atomic E-state index is 0.686. The van der Waals surface area contributed by atoms with Gasteiger partial charge in [-0.2, -0.15) is 11.8 Å². The number of thioether (sulfide) groups is 1. The Bertz CT molecular complexity index is 498. The molecule has 0 radical (unpaired) electrons. The van der Waals surface area contributed by atoms with Gasteiger partial charge in [0.15, 0.2) is 5.13 Å². The minimum absolute atomic E-state index is 0.686. The van der Waals surface area contributed by atoms with Crippen LogP contribution in [0.2, 0.25) is 5.02 Å². The normalized spacial score (nSPS) is 12.9. The van der Waals surface area contributed by atoms with E-state index in [-0.39, 0.29) is 0 Å².